The van der Waals surface area contributed by atoms with Crippen LogP contribution < -0.4 is 5.56 Å². The first-order valence-electron chi connectivity index (χ1n) is 5.72. The Morgan fingerprint density at radius 2 is 2.21 bits per heavy atom. The van der Waals surface area contributed by atoms with Crippen molar-refractivity contribution in [1.29, 1.82) is 0 Å². The fourth-order valence-corrected chi connectivity index (χ4v) is 1.77. The monoisotopic (exact) mass is 253 g/mol. The van der Waals surface area contributed by atoms with Gasteiger partial charge in [0.2, 0.25) is 0 Å². The van der Waals surface area contributed by atoms with Crippen LogP contribution in [0.1, 0.15) is 0 Å². The zero-order chi connectivity index (χ0) is 13.2. The van der Waals surface area contributed by atoms with Gasteiger partial charge in [-0.3, -0.25) is 9.78 Å². The van der Waals surface area contributed by atoms with Gasteiger partial charge in [-0.15, -0.1) is 0 Å². The van der Waals surface area contributed by atoms with Crippen LogP contribution in [0, 0.1) is 0 Å². The molecule has 6 heteroatoms. The first kappa shape index (κ1) is 11.3. The van der Waals surface area contributed by atoms with Crippen molar-refractivity contribution >= 4 is 0 Å². The van der Waals surface area contributed by atoms with Crippen molar-refractivity contribution in [2.45, 2.75) is 0 Å². The van der Waals surface area contributed by atoms with E-state index < -0.39 is 0 Å². The largest absolute Gasteiger partial charge is 0.340 e. The molecule has 19 heavy (non-hydrogen) atoms. The molecule has 0 saturated heterocycles. The highest BCUT2D eigenvalue weighted by molar-refractivity contribution is 5.59. The third kappa shape index (κ3) is 2.28. The Morgan fingerprint density at radius 3 is 2.89 bits per heavy atom. The van der Waals surface area contributed by atoms with Crippen LogP contribution in [0.25, 0.3) is 22.8 Å². The second-order valence-corrected chi connectivity index (χ2v) is 4.15. The Bertz CT molecular complexity index is 760. The van der Waals surface area contributed by atoms with E-state index in [9.17, 15) is 4.79 Å². The predicted octanol–water partition coefficient (Wildman–Crippen LogP) is 1.23. The maximum absolute atomic E-state index is 11.7. The van der Waals surface area contributed by atoms with E-state index in [1.54, 1.807) is 24.8 Å². The van der Waals surface area contributed by atoms with Crippen LogP contribution in [0.2, 0.25) is 0 Å². The summed E-state index contributed by atoms with van der Waals surface area (Å²) in [5.41, 5.74) is 1.76. The van der Waals surface area contributed by atoms with Crippen LogP contribution in [0.4, 0.5) is 0 Å². The Balaban J connectivity index is 2.14. The fourth-order valence-electron chi connectivity index (χ4n) is 1.77. The van der Waals surface area contributed by atoms with E-state index in [1.165, 1.54) is 6.07 Å². The van der Waals surface area contributed by atoms with E-state index in [-0.39, 0.29) is 5.56 Å². The number of aryl methyl sites for hydroxylation is 1. The lowest BCUT2D eigenvalue weighted by molar-refractivity contribution is 0.913. The van der Waals surface area contributed by atoms with Crippen LogP contribution >= 0.6 is 0 Å². The molecule has 0 spiro atoms. The standard InChI is InChI=1S/C13H11N5O/c1-18-7-11(15-8-18)10-5-12(19)17-13(16-10)9-3-2-4-14-6-9/h2-8H,1H3,(H,16,17,19). The molecule has 94 valence electrons. The number of hydrogen-bond donors (Lipinski definition) is 1. The molecule has 3 aromatic heterocycles. The number of hydrogen-bond acceptors (Lipinski definition) is 4. The van der Waals surface area contributed by atoms with Gasteiger partial charge in [0.25, 0.3) is 5.56 Å². The smallest absolute Gasteiger partial charge is 0.251 e. The summed E-state index contributed by atoms with van der Waals surface area (Å²) in [5.74, 6) is 0.487. The summed E-state index contributed by atoms with van der Waals surface area (Å²) < 4.78 is 1.81. The molecule has 0 aromatic carbocycles. The summed E-state index contributed by atoms with van der Waals surface area (Å²) in [6, 6.07) is 5.07. The summed E-state index contributed by atoms with van der Waals surface area (Å²) in [4.78, 5) is 27.0. The lowest BCUT2D eigenvalue weighted by atomic mass is 10.2. The molecule has 6 nitrogen and oxygen atoms in total. The van der Waals surface area contributed by atoms with Gasteiger partial charge in [-0.25, -0.2) is 9.97 Å². The second-order valence-electron chi connectivity index (χ2n) is 4.15. The molecule has 0 aliphatic rings. The van der Waals surface area contributed by atoms with Gasteiger partial charge in [0.15, 0.2) is 0 Å². The summed E-state index contributed by atoms with van der Waals surface area (Å²) in [7, 11) is 1.87. The molecule has 0 atom stereocenters. The van der Waals surface area contributed by atoms with E-state index in [4.69, 9.17) is 0 Å². The van der Waals surface area contributed by atoms with Crippen LogP contribution in [-0.2, 0) is 7.05 Å². The molecule has 0 radical (unpaired) electrons. The molecule has 3 heterocycles. The van der Waals surface area contributed by atoms with E-state index in [0.29, 0.717) is 17.2 Å². The number of aromatic nitrogens is 5. The second kappa shape index (κ2) is 4.49. The van der Waals surface area contributed by atoms with Crippen LogP contribution in [0.5, 0.6) is 0 Å². The topological polar surface area (TPSA) is 76.5 Å². The van der Waals surface area contributed by atoms with Crippen molar-refractivity contribution in [3.05, 3.63) is 53.5 Å². The molecule has 0 amide bonds. The molecule has 0 aliphatic heterocycles. The molecule has 0 saturated carbocycles. The van der Waals surface area contributed by atoms with Gasteiger partial charge in [-0.05, 0) is 12.1 Å². The van der Waals surface area contributed by atoms with Crippen molar-refractivity contribution < 1.29 is 0 Å². The highest BCUT2D eigenvalue weighted by atomic mass is 16.1. The minimum absolute atomic E-state index is 0.213. The fraction of sp³-hybridized carbons (Fsp3) is 0.0769. The quantitative estimate of drug-likeness (QED) is 0.745. The highest BCUT2D eigenvalue weighted by Crippen LogP contribution is 2.16. The van der Waals surface area contributed by atoms with Crippen molar-refractivity contribution in [2.24, 2.45) is 7.05 Å². The SMILES string of the molecule is Cn1cnc(-c2cc(=O)[nH]c(-c3cccnc3)n2)c1. The normalized spacial score (nSPS) is 10.6. The number of pyridine rings is 1. The summed E-state index contributed by atoms with van der Waals surface area (Å²) >= 11 is 0. The lowest BCUT2D eigenvalue weighted by Crippen LogP contribution is -2.08. The first-order chi connectivity index (χ1) is 9.22. The van der Waals surface area contributed by atoms with Crippen LogP contribution in [-0.4, -0.2) is 24.5 Å². The molecular formula is C13H11N5O. The Morgan fingerprint density at radius 1 is 1.32 bits per heavy atom. The van der Waals surface area contributed by atoms with Gasteiger partial charge in [0, 0.05) is 37.3 Å². The third-order valence-electron chi connectivity index (χ3n) is 2.64. The molecule has 0 unspecified atom stereocenters. The van der Waals surface area contributed by atoms with Gasteiger partial charge in [-0.2, -0.15) is 0 Å². The maximum atomic E-state index is 11.7. The van der Waals surface area contributed by atoms with E-state index in [1.807, 2.05) is 23.9 Å². The zero-order valence-corrected chi connectivity index (χ0v) is 10.2. The predicted molar refractivity (Wildman–Crippen MR) is 70.3 cm³/mol. The minimum atomic E-state index is -0.213. The number of aromatic amines is 1. The van der Waals surface area contributed by atoms with E-state index >= 15 is 0 Å². The van der Waals surface area contributed by atoms with E-state index in [0.717, 1.165) is 5.56 Å². The number of nitrogens with zero attached hydrogens (tertiary/aromatic N) is 4. The molecule has 0 bridgehead atoms. The maximum Gasteiger partial charge on any atom is 0.251 e. The van der Waals surface area contributed by atoms with Gasteiger partial charge in [0.05, 0.1) is 12.0 Å². The number of imidazole rings is 1. The number of H-pyrrole nitrogens is 1. The molecular weight excluding hydrogens is 242 g/mol. The summed E-state index contributed by atoms with van der Waals surface area (Å²) in [5, 5.41) is 0. The Labute approximate surface area is 108 Å². The average Bonchev–Trinajstić information content (AvgIpc) is 2.86. The van der Waals surface area contributed by atoms with Gasteiger partial charge in [-0.1, -0.05) is 0 Å². The number of nitrogens with one attached hydrogen (secondary N) is 1. The summed E-state index contributed by atoms with van der Waals surface area (Å²) in [6.07, 6.45) is 6.81. The van der Waals surface area contributed by atoms with E-state index in [2.05, 4.69) is 19.9 Å². The van der Waals surface area contributed by atoms with Crippen LogP contribution in [0.15, 0.2) is 47.9 Å². The Hall–Kier alpha value is -2.76. The zero-order valence-electron chi connectivity index (χ0n) is 10.2. The Kier molecular flexibility index (Phi) is 2.68. The lowest BCUT2D eigenvalue weighted by Gasteiger charge is -2.02. The number of rotatable bonds is 2. The average molecular weight is 253 g/mol. The first-order valence-corrected chi connectivity index (χ1v) is 5.72. The summed E-state index contributed by atoms with van der Waals surface area (Å²) in [6.45, 7) is 0. The van der Waals surface area contributed by atoms with Crippen LogP contribution in [0.3, 0.4) is 0 Å². The van der Waals surface area contributed by atoms with Gasteiger partial charge in [0.1, 0.15) is 11.5 Å². The van der Waals surface area contributed by atoms with Crippen molar-refractivity contribution in [3.63, 3.8) is 0 Å². The molecule has 0 aliphatic carbocycles. The van der Waals surface area contributed by atoms with Crippen molar-refractivity contribution in [3.8, 4) is 22.8 Å². The highest BCUT2D eigenvalue weighted by Gasteiger charge is 2.07. The third-order valence-corrected chi connectivity index (χ3v) is 2.64. The minimum Gasteiger partial charge on any atom is -0.340 e. The van der Waals surface area contributed by atoms with Gasteiger partial charge < -0.3 is 9.55 Å². The van der Waals surface area contributed by atoms with Crippen molar-refractivity contribution in [1.82, 2.24) is 24.5 Å². The molecule has 3 aromatic rings. The molecule has 1 N–H and O–H groups in total. The molecule has 0 fully saturated rings. The van der Waals surface area contributed by atoms with Crippen molar-refractivity contribution in [2.75, 3.05) is 0 Å². The van der Waals surface area contributed by atoms with Gasteiger partial charge >= 0.3 is 0 Å². The molecule has 3 rings (SSSR count).